The molecule has 0 unspecified atom stereocenters. The molecule has 2 aliphatic heterocycles. The number of piperazine rings is 1. The first-order valence-electron chi connectivity index (χ1n) is 13.9. The molecule has 1 amide bonds. The Bertz CT molecular complexity index is 1170. The molecule has 0 aliphatic carbocycles. The normalized spacial score (nSPS) is 18.3. The van der Waals surface area contributed by atoms with E-state index in [1.165, 1.54) is 0 Å². The summed E-state index contributed by atoms with van der Waals surface area (Å²) in [5.74, 6) is -0.215. The largest absolute Gasteiger partial charge is 0.449 e. The minimum absolute atomic E-state index is 0.0795. The van der Waals surface area contributed by atoms with E-state index in [0.29, 0.717) is 26.1 Å². The molecule has 12 heteroatoms. The van der Waals surface area contributed by atoms with Crippen molar-refractivity contribution in [3.8, 4) is 0 Å². The molecule has 2 N–H and O–H groups in total. The van der Waals surface area contributed by atoms with Gasteiger partial charge in [0.05, 0.1) is 6.61 Å². The number of anilines is 4. The van der Waals surface area contributed by atoms with Crippen molar-refractivity contribution in [3.05, 3.63) is 35.5 Å². The van der Waals surface area contributed by atoms with Crippen LogP contribution in [0.5, 0.6) is 0 Å². The number of amides is 1. The monoisotopic (exact) mass is 563 g/mol. The summed E-state index contributed by atoms with van der Waals surface area (Å²) in [5, 5.41) is 5.93. The van der Waals surface area contributed by atoms with Gasteiger partial charge in [-0.2, -0.15) is 18.2 Å². The molecule has 9 nitrogen and oxygen atoms in total. The first kappa shape index (κ1) is 29.7. The number of rotatable bonds is 9. The number of alkyl halides is 3. The topological polar surface area (TPSA) is 85.9 Å². The van der Waals surface area contributed by atoms with Gasteiger partial charge in [-0.15, -0.1) is 0 Å². The van der Waals surface area contributed by atoms with Crippen LogP contribution in [0, 0.1) is 5.41 Å². The number of cyclic esters (lactones) is 1. The summed E-state index contributed by atoms with van der Waals surface area (Å²) in [4.78, 5) is 26.6. The predicted molar refractivity (Wildman–Crippen MR) is 150 cm³/mol. The standard InChI is InChI=1S/C28H40F3N7O2/c1-5-20-17-21(37-15-13-36(4)14-16-37)7-8-23(20)34-25-33-18-22(28(29,30)31)24(35-25)32-10-6-11-38-12-9-27(2,3)19-40-26(38)39/h7-8,17-18H,5-6,9-16,19H2,1-4H3,(H2,32,33,34,35). The van der Waals surface area contributed by atoms with E-state index in [4.69, 9.17) is 4.74 Å². The Morgan fingerprint density at radius 3 is 2.58 bits per heavy atom. The van der Waals surface area contributed by atoms with E-state index < -0.39 is 11.7 Å². The van der Waals surface area contributed by atoms with Crippen LogP contribution in [-0.4, -0.2) is 85.3 Å². The molecule has 2 aromatic rings. The minimum atomic E-state index is -4.61. The van der Waals surface area contributed by atoms with Gasteiger partial charge in [0.25, 0.3) is 0 Å². The van der Waals surface area contributed by atoms with Gasteiger partial charge in [-0.25, -0.2) is 9.78 Å². The number of nitrogens with zero attached hydrogens (tertiary/aromatic N) is 5. The number of benzene rings is 1. The fourth-order valence-electron chi connectivity index (χ4n) is 4.79. The molecule has 2 saturated heterocycles. The third-order valence-electron chi connectivity index (χ3n) is 7.48. The number of aryl methyl sites for hydroxylation is 1. The maximum absolute atomic E-state index is 13.7. The number of likely N-dealkylation sites (N-methyl/N-ethyl adjacent to an activating group) is 1. The van der Waals surface area contributed by atoms with Gasteiger partial charge in [0.2, 0.25) is 5.95 Å². The number of hydrogen-bond donors (Lipinski definition) is 2. The molecule has 0 atom stereocenters. The Balaban J connectivity index is 1.43. The van der Waals surface area contributed by atoms with Crippen LogP contribution < -0.4 is 15.5 Å². The average molecular weight is 564 g/mol. The molecule has 3 heterocycles. The van der Waals surface area contributed by atoms with Crippen molar-refractivity contribution in [2.45, 2.75) is 46.2 Å². The zero-order chi connectivity index (χ0) is 28.9. The number of halogens is 3. The predicted octanol–water partition coefficient (Wildman–Crippen LogP) is 5.22. The molecule has 4 rings (SSSR count). The first-order valence-corrected chi connectivity index (χ1v) is 13.9. The Morgan fingerprint density at radius 2 is 1.88 bits per heavy atom. The van der Waals surface area contributed by atoms with Gasteiger partial charge in [-0.1, -0.05) is 20.8 Å². The highest BCUT2D eigenvalue weighted by molar-refractivity contribution is 5.68. The van der Waals surface area contributed by atoms with Crippen molar-refractivity contribution in [3.63, 3.8) is 0 Å². The van der Waals surface area contributed by atoms with E-state index in [-0.39, 0.29) is 29.8 Å². The summed E-state index contributed by atoms with van der Waals surface area (Å²) in [6, 6.07) is 6.07. The third kappa shape index (κ3) is 7.67. The molecular formula is C28H40F3N7O2. The van der Waals surface area contributed by atoms with Crippen LogP contribution in [0.4, 0.5) is 41.1 Å². The molecule has 1 aromatic heterocycles. The van der Waals surface area contributed by atoms with Crippen molar-refractivity contribution in [1.82, 2.24) is 19.8 Å². The molecule has 0 saturated carbocycles. The molecule has 220 valence electrons. The number of ether oxygens (including phenoxy) is 1. The van der Waals surface area contributed by atoms with Crippen LogP contribution in [0.15, 0.2) is 24.4 Å². The lowest BCUT2D eigenvalue weighted by molar-refractivity contribution is -0.137. The van der Waals surface area contributed by atoms with Crippen molar-refractivity contribution >= 4 is 29.2 Å². The molecule has 1 aromatic carbocycles. The van der Waals surface area contributed by atoms with E-state index >= 15 is 0 Å². The van der Waals surface area contributed by atoms with Crippen LogP contribution in [0.25, 0.3) is 0 Å². The zero-order valence-electron chi connectivity index (χ0n) is 23.8. The molecule has 0 radical (unpaired) electrons. The van der Waals surface area contributed by atoms with E-state index in [0.717, 1.165) is 62.2 Å². The maximum Gasteiger partial charge on any atom is 0.421 e. The number of aromatic nitrogens is 2. The second kappa shape index (κ2) is 12.5. The third-order valence-corrected chi connectivity index (χ3v) is 7.48. The Labute approximate surface area is 234 Å². The second-order valence-corrected chi connectivity index (χ2v) is 11.3. The van der Waals surface area contributed by atoms with Gasteiger partial charge in [-0.3, -0.25) is 0 Å². The Kier molecular flexibility index (Phi) is 9.27. The van der Waals surface area contributed by atoms with Crippen molar-refractivity contribution in [1.29, 1.82) is 0 Å². The molecule has 0 bridgehead atoms. The van der Waals surface area contributed by atoms with Gasteiger partial charge >= 0.3 is 12.3 Å². The van der Waals surface area contributed by atoms with Crippen molar-refractivity contribution in [2.24, 2.45) is 5.41 Å². The van der Waals surface area contributed by atoms with Crippen molar-refractivity contribution < 1.29 is 22.7 Å². The molecule has 2 fully saturated rings. The molecule has 0 spiro atoms. The average Bonchev–Trinajstić information content (AvgIpc) is 3.04. The number of carbonyl (C=O) groups is 1. The summed E-state index contributed by atoms with van der Waals surface area (Å²) >= 11 is 0. The van der Waals surface area contributed by atoms with Gasteiger partial charge in [0.15, 0.2) is 0 Å². The van der Waals surface area contributed by atoms with Crippen LogP contribution in [-0.2, 0) is 17.3 Å². The lowest BCUT2D eigenvalue weighted by atomic mass is 9.91. The van der Waals surface area contributed by atoms with Gasteiger partial charge in [0, 0.05) is 68.8 Å². The van der Waals surface area contributed by atoms with E-state index in [1.54, 1.807) is 4.90 Å². The van der Waals surface area contributed by atoms with E-state index in [1.807, 2.05) is 32.9 Å². The smallest absolute Gasteiger partial charge is 0.421 e. The lowest BCUT2D eigenvalue weighted by Crippen LogP contribution is -2.44. The molecular weight excluding hydrogens is 523 g/mol. The van der Waals surface area contributed by atoms with Crippen LogP contribution >= 0.6 is 0 Å². The molecule has 2 aliphatic rings. The van der Waals surface area contributed by atoms with Crippen LogP contribution in [0.1, 0.15) is 44.7 Å². The summed E-state index contributed by atoms with van der Waals surface area (Å²) in [6.45, 7) is 11.5. The van der Waals surface area contributed by atoms with Gasteiger partial charge in [0.1, 0.15) is 11.4 Å². The number of nitrogens with one attached hydrogen (secondary N) is 2. The summed E-state index contributed by atoms with van der Waals surface area (Å²) in [6.07, 6.45) is -2.23. The maximum atomic E-state index is 13.7. The first-order chi connectivity index (χ1) is 18.9. The Morgan fingerprint density at radius 1 is 1.12 bits per heavy atom. The van der Waals surface area contributed by atoms with Crippen molar-refractivity contribution in [2.75, 3.05) is 75.0 Å². The van der Waals surface area contributed by atoms with Gasteiger partial charge < -0.3 is 30.1 Å². The Hall–Kier alpha value is -3.28. The highest BCUT2D eigenvalue weighted by Crippen LogP contribution is 2.35. The van der Waals surface area contributed by atoms with Crippen LogP contribution in [0.3, 0.4) is 0 Å². The highest BCUT2D eigenvalue weighted by atomic mass is 19.4. The van der Waals surface area contributed by atoms with Crippen LogP contribution in [0.2, 0.25) is 0 Å². The summed E-state index contributed by atoms with van der Waals surface area (Å²) in [5.41, 5.74) is 1.88. The summed E-state index contributed by atoms with van der Waals surface area (Å²) in [7, 11) is 2.11. The lowest BCUT2D eigenvalue weighted by Gasteiger charge is -2.34. The quantitative estimate of drug-likeness (QED) is 0.402. The SMILES string of the molecule is CCc1cc(N2CCN(C)CC2)ccc1Nc1ncc(C(F)(F)F)c(NCCCN2CCC(C)(C)COC2=O)n1. The number of hydrogen-bond acceptors (Lipinski definition) is 8. The fourth-order valence-corrected chi connectivity index (χ4v) is 4.79. The minimum Gasteiger partial charge on any atom is -0.449 e. The van der Waals surface area contributed by atoms with Gasteiger partial charge in [-0.05, 0) is 50.1 Å². The molecule has 40 heavy (non-hydrogen) atoms. The highest BCUT2D eigenvalue weighted by Gasteiger charge is 2.35. The van der Waals surface area contributed by atoms with E-state index in [2.05, 4.69) is 43.5 Å². The second-order valence-electron chi connectivity index (χ2n) is 11.3. The summed E-state index contributed by atoms with van der Waals surface area (Å²) < 4.78 is 46.5. The zero-order valence-corrected chi connectivity index (χ0v) is 23.8. The fraction of sp³-hybridized carbons (Fsp3) is 0.607. The number of carbonyl (C=O) groups excluding carboxylic acids is 1. The van der Waals surface area contributed by atoms with E-state index in [9.17, 15) is 18.0 Å².